The first kappa shape index (κ1) is 9.53. The molecular formula is C12H17NO. The zero-order valence-corrected chi connectivity index (χ0v) is 8.84. The van der Waals surface area contributed by atoms with Crippen LogP contribution in [-0.2, 0) is 0 Å². The van der Waals surface area contributed by atoms with Crippen LogP contribution >= 0.6 is 0 Å². The van der Waals surface area contributed by atoms with Gasteiger partial charge in [0.1, 0.15) is 5.75 Å². The van der Waals surface area contributed by atoms with Crippen LogP contribution in [0.3, 0.4) is 0 Å². The molecule has 1 aliphatic heterocycles. The Bertz CT molecular complexity index is 316. The lowest BCUT2D eigenvalue weighted by Gasteiger charge is -2.13. The third kappa shape index (κ3) is 1.75. The largest absolute Gasteiger partial charge is 0.496 e. The van der Waals surface area contributed by atoms with E-state index in [0.717, 1.165) is 12.3 Å². The van der Waals surface area contributed by atoms with Gasteiger partial charge in [-0.3, -0.25) is 0 Å². The minimum atomic E-state index is 0.532. The average Bonchev–Trinajstić information content (AvgIpc) is 2.71. The van der Waals surface area contributed by atoms with Gasteiger partial charge in [0.2, 0.25) is 0 Å². The highest BCUT2D eigenvalue weighted by Crippen LogP contribution is 2.27. The third-order valence-electron chi connectivity index (χ3n) is 2.89. The first-order valence-electron chi connectivity index (χ1n) is 5.19. The van der Waals surface area contributed by atoms with E-state index in [4.69, 9.17) is 4.74 Å². The minimum absolute atomic E-state index is 0.532. The summed E-state index contributed by atoms with van der Waals surface area (Å²) in [5.41, 5.74) is 2.55. The highest BCUT2D eigenvalue weighted by Gasteiger charge is 2.16. The number of hydrogen-bond acceptors (Lipinski definition) is 2. The minimum Gasteiger partial charge on any atom is -0.496 e. The second kappa shape index (κ2) is 4.01. The molecule has 0 radical (unpaired) electrons. The summed E-state index contributed by atoms with van der Waals surface area (Å²) in [6, 6.07) is 7.01. The maximum absolute atomic E-state index is 5.32. The van der Waals surface area contributed by atoms with Gasteiger partial charge < -0.3 is 10.1 Å². The fraction of sp³-hybridized carbons (Fsp3) is 0.500. The Kier molecular flexibility index (Phi) is 2.73. The lowest BCUT2D eigenvalue weighted by Crippen LogP contribution is -2.12. The third-order valence-corrected chi connectivity index (χ3v) is 2.89. The Balaban J connectivity index is 2.25. The van der Waals surface area contributed by atoms with E-state index in [1.807, 2.05) is 0 Å². The normalized spacial score (nSPS) is 21.1. The zero-order valence-electron chi connectivity index (χ0n) is 8.84. The van der Waals surface area contributed by atoms with Gasteiger partial charge in [0.05, 0.1) is 7.11 Å². The van der Waals surface area contributed by atoms with Gasteiger partial charge in [-0.15, -0.1) is 0 Å². The standard InChI is InChI=1S/C12H17NO/c1-9-5-6-10(8-12(9)14-2)11-4-3-7-13-11/h5-6,8,11,13H,3-4,7H2,1-2H3. The van der Waals surface area contributed by atoms with Gasteiger partial charge in [-0.05, 0) is 43.5 Å². The first-order chi connectivity index (χ1) is 6.81. The number of benzene rings is 1. The van der Waals surface area contributed by atoms with Crippen LogP contribution in [-0.4, -0.2) is 13.7 Å². The smallest absolute Gasteiger partial charge is 0.122 e. The molecule has 1 atom stereocenters. The molecule has 0 bridgehead atoms. The van der Waals surface area contributed by atoms with Crippen LogP contribution in [0.25, 0.3) is 0 Å². The van der Waals surface area contributed by atoms with Crippen LogP contribution in [0.2, 0.25) is 0 Å². The van der Waals surface area contributed by atoms with Gasteiger partial charge >= 0.3 is 0 Å². The van der Waals surface area contributed by atoms with Crippen LogP contribution in [0.1, 0.15) is 30.0 Å². The van der Waals surface area contributed by atoms with Crippen LogP contribution in [0, 0.1) is 6.92 Å². The van der Waals surface area contributed by atoms with E-state index in [-0.39, 0.29) is 0 Å². The van der Waals surface area contributed by atoms with Crippen molar-refractivity contribution in [3.8, 4) is 5.75 Å². The Morgan fingerprint density at radius 2 is 2.29 bits per heavy atom. The van der Waals surface area contributed by atoms with Gasteiger partial charge in [-0.1, -0.05) is 12.1 Å². The number of aryl methyl sites for hydroxylation is 1. The molecule has 1 aromatic carbocycles. The lowest BCUT2D eigenvalue weighted by molar-refractivity contribution is 0.410. The van der Waals surface area contributed by atoms with Crippen LogP contribution < -0.4 is 10.1 Å². The molecule has 2 nitrogen and oxygen atoms in total. The summed E-state index contributed by atoms with van der Waals surface area (Å²) < 4.78 is 5.32. The quantitative estimate of drug-likeness (QED) is 0.775. The topological polar surface area (TPSA) is 21.3 Å². The monoisotopic (exact) mass is 191 g/mol. The van der Waals surface area contributed by atoms with Crippen molar-refractivity contribution >= 4 is 0 Å². The van der Waals surface area contributed by atoms with E-state index in [2.05, 4.69) is 30.4 Å². The summed E-state index contributed by atoms with van der Waals surface area (Å²) in [4.78, 5) is 0. The first-order valence-corrected chi connectivity index (χ1v) is 5.19. The van der Waals surface area contributed by atoms with Crippen LogP contribution in [0.15, 0.2) is 18.2 Å². The molecule has 1 aromatic rings. The van der Waals surface area contributed by atoms with Crippen molar-refractivity contribution < 1.29 is 4.74 Å². The molecule has 2 heteroatoms. The summed E-state index contributed by atoms with van der Waals surface area (Å²) in [6.07, 6.45) is 2.52. The predicted octanol–water partition coefficient (Wildman–Crippen LogP) is 2.43. The van der Waals surface area contributed by atoms with E-state index >= 15 is 0 Å². The molecule has 0 aliphatic carbocycles. The maximum Gasteiger partial charge on any atom is 0.122 e. The van der Waals surface area contributed by atoms with E-state index in [1.165, 1.54) is 24.0 Å². The molecule has 2 rings (SSSR count). The predicted molar refractivity (Wildman–Crippen MR) is 57.7 cm³/mol. The van der Waals surface area contributed by atoms with Crippen molar-refractivity contribution in [2.24, 2.45) is 0 Å². The fourth-order valence-corrected chi connectivity index (χ4v) is 2.02. The second-order valence-electron chi connectivity index (χ2n) is 3.88. The molecule has 0 aromatic heterocycles. The fourth-order valence-electron chi connectivity index (χ4n) is 2.02. The molecule has 1 unspecified atom stereocenters. The summed E-state index contributed by atoms with van der Waals surface area (Å²) in [5.74, 6) is 0.996. The van der Waals surface area contributed by atoms with Gasteiger partial charge in [0.15, 0.2) is 0 Å². The Hall–Kier alpha value is -1.02. The summed E-state index contributed by atoms with van der Waals surface area (Å²) in [5, 5.41) is 3.49. The van der Waals surface area contributed by atoms with E-state index in [9.17, 15) is 0 Å². The van der Waals surface area contributed by atoms with Gasteiger partial charge in [0, 0.05) is 6.04 Å². The van der Waals surface area contributed by atoms with Crippen molar-refractivity contribution in [3.63, 3.8) is 0 Å². The number of rotatable bonds is 2. The molecule has 0 spiro atoms. The number of ether oxygens (including phenoxy) is 1. The van der Waals surface area contributed by atoms with Gasteiger partial charge in [-0.25, -0.2) is 0 Å². The molecule has 14 heavy (non-hydrogen) atoms. The molecular weight excluding hydrogens is 174 g/mol. The molecule has 0 saturated carbocycles. The molecule has 1 saturated heterocycles. The van der Waals surface area contributed by atoms with Crippen molar-refractivity contribution in [1.29, 1.82) is 0 Å². The molecule has 1 N–H and O–H groups in total. The number of hydrogen-bond donors (Lipinski definition) is 1. The Morgan fingerprint density at radius 1 is 1.43 bits per heavy atom. The second-order valence-corrected chi connectivity index (χ2v) is 3.88. The van der Waals surface area contributed by atoms with Crippen LogP contribution in [0.5, 0.6) is 5.75 Å². The molecule has 76 valence electrons. The Morgan fingerprint density at radius 3 is 2.93 bits per heavy atom. The van der Waals surface area contributed by atoms with Gasteiger partial charge in [-0.2, -0.15) is 0 Å². The van der Waals surface area contributed by atoms with Crippen molar-refractivity contribution in [2.45, 2.75) is 25.8 Å². The summed E-state index contributed by atoms with van der Waals surface area (Å²) in [7, 11) is 1.73. The van der Waals surface area contributed by atoms with Gasteiger partial charge in [0.25, 0.3) is 0 Å². The highest BCUT2D eigenvalue weighted by molar-refractivity contribution is 5.38. The van der Waals surface area contributed by atoms with E-state index < -0.39 is 0 Å². The molecule has 1 heterocycles. The zero-order chi connectivity index (χ0) is 9.97. The van der Waals surface area contributed by atoms with Crippen molar-refractivity contribution in [3.05, 3.63) is 29.3 Å². The average molecular weight is 191 g/mol. The van der Waals surface area contributed by atoms with Crippen LogP contribution in [0.4, 0.5) is 0 Å². The van der Waals surface area contributed by atoms with Crippen molar-refractivity contribution in [1.82, 2.24) is 5.32 Å². The summed E-state index contributed by atoms with van der Waals surface area (Å²) in [6.45, 7) is 3.21. The Labute approximate surface area is 85.3 Å². The molecule has 1 fully saturated rings. The maximum atomic E-state index is 5.32. The SMILES string of the molecule is COc1cc(C2CCCN2)ccc1C. The lowest BCUT2D eigenvalue weighted by atomic mass is 10.0. The highest BCUT2D eigenvalue weighted by atomic mass is 16.5. The molecule has 1 aliphatic rings. The number of nitrogens with one attached hydrogen (secondary N) is 1. The summed E-state index contributed by atoms with van der Waals surface area (Å²) >= 11 is 0. The van der Waals surface area contributed by atoms with E-state index in [0.29, 0.717) is 6.04 Å². The van der Waals surface area contributed by atoms with Crippen molar-refractivity contribution in [2.75, 3.05) is 13.7 Å². The molecule has 0 amide bonds. The number of methoxy groups -OCH3 is 1. The van der Waals surface area contributed by atoms with E-state index in [1.54, 1.807) is 7.11 Å².